The molecule has 0 unspecified atom stereocenters. The third-order valence-electron chi connectivity index (χ3n) is 4.44. The maximum absolute atomic E-state index is 12.7. The maximum Gasteiger partial charge on any atom is 0.282 e. The number of hydrazine groups is 1. The van der Waals surface area contributed by atoms with Gasteiger partial charge in [0.15, 0.2) is 0 Å². The smallest absolute Gasteiger partial charge is 0.282 e. The summed E-state index contributed by atoms with van der Waals surface area (Å²) in [4.78, 5) is 35.4. The molecule has 9 nitrogen and oxygen atoms in total. The van der Waals surface area contributed by atoms with Crippen LogP contribution in [0, 0.1) is 24.0 Å². The number of benzene rings is 2. The first-order valence-electron chi connectivity index (χ1n) is 8.20. The zero-order chi connectivity index (χ0) is 20.6. The van der Waals surface area contributed by atoms with Crippen molar-refractivity contribution in [3.63, 3.8) is 0 Å². The van der Waals surface area contributed by atoms with Crippen molar-refractivity contribution in [2.24, 2.45) is 0 Å². The van der Waals surface area contributed by atoms with Crippen LogP contribution in [-0.4, -0.2) is 23.8 Å². The van der Waals surface area contributed by atoms with E-state index in [0.29, 0.717) is 5.69 Å². The number of carbonyl (C=O) groups is 2. The topological polar surface area (TPSA) is 125 Å². The number of nitro groups is 1. The minimum atomic E-state index is -0.715. The largest absolute Gasteiger partial charge is 0.870 e. The number of carbonyl (C=O) groups excluding carboxylic acids is 2. The Morgan fingerprint density at radius 2 is 1.86 bits per heavy atom. The number of nitro benzene ring substituents is 1. The zero-order valence-electron chi connectivity index (χ0n) is 15.3. The average molecular weight is 382 g/mol. The van der Waals surface area contributed by atoms with Crippen LogP contribution in [0.15, 0.2) is 35.9 Å². The minimum Gasteiger partial charge on any atom is -0.870 e. The summed E-state index contributed by atoms with van der Waals surface area (Å²) in [6.07, 6.45) is 1.04. The molecule has 0 aliphatic carbocycles. The molecule has 1 aliphatic rings. The normalized spacial score (nSPS) is 15.1. The summed E-state index contributed by atoms with van der Waals surface area (Å²) in [5, 5.41) is 24.5. The first-order valence-corrected chi connectivity index (χ1v) is 8.20. The van der Waals surface area contributed by atoms with Crippen LogP contribution in [0.25, 0.3) is 6.08 Å². The molecule has 3 rings (SSSR count). The van der Waals surface area contributed by atoms with Gasteiger partial charge in [0.2, 0.25) is 0 Å². The van der Waals surface area contributed by atoms with Gasteiger partial charge in [0.1, 0.15) is 11.3 Å². The fourth-order valence-electron chi connectivity index (χ4n) is 2.73. The van der Waals surface area contributed by atoms with Crippen molar-refractivity contribution in [3.8, 4) is 11.5 Å². The van der Waals surface area contributed by atoms with E-state index in [1.165, 1.54) is 7.11 Å². The minimum absolute atomic E-state index is 0.188. The highest BCUT2D eigenvalue weighted by Crippen LogP contribution is 2.34. The zero-order valence-corrected chi connectivity index (χ0v) is 15.3. The molecule has 0 radical (unpaired) electrons. The first kappa shape index (κ1) is 18.9. The number of amides is 2. The molecule has 0 spiro atoms. The number of non-ortho nitro benzene ring substituents is 1. The van der Waals surface area contributed by atoms with Gasteiger partial charge in [-0.25, -0.2) is 5.01 Å². The molecule has 1 N–H and O–H groups in total. The highest BCUT2D eigenvalue weighted by Gasteiger charge is 2.34. The molecule has 9 heteroatoms. The van der Waals surface area contributed by atoms with Gasteiger partial charge in [-0.1, -0.05) is 11.8 Å². The number of aryl methyl sites for hydroxylation is 2. The molecule has 28 heavy (non-hydrogen) atoms. The Kier molecular flexibility index (Phi) is 4.74. The van der Waals surface area contributed by atoms with Gasteiger partial charge in [-0.15, -0.1) is 0 Å². The Balaban J connectivity index is 2.04. The Morgan fingerprint density at radius 1 is 1.14 bits per heavy atom. The van der Waals surface area contributed by atoms with E-state index in [2.05, 4.69) is 5.43 Å². The number of anilines is 1. The Morgan fingerprint density at radius 3 is 2.46 bits per heavy atom. The van der Waals surface area contributed by atoms with Gasteiger partial charge in [0.25, 0.3) is 17.5 Å². The van der Waals surface area contributed by atoms with E-state index in [0.717, 1.165) is 34.3 Å². The number of ether oxygens (including phenoxy) is 1. The van der Waals surface area contributed by atoms with Gasteiger partial charge in [-0.05, 0) is 48.7 Å². The summed E-state index contributed by atoms with van der Waals surface area (Å²) in [7, 11) is 1.20. The summed E-state index contributed by atoms with van der Waals surface area (Å²) >= 11 is 0. The van der Waals surface area contributed by atoms with Gasteiger partial charge in [0.05, 0.1) is 23.8 Å². The Hall–Kier alpha value is -3.88. The van der Waals surface area contributed by atoms with Crippen LogP contribution in [0.5, 0.6) is 11.5 Å². The van der Waals surface area contributed by atoms with Gasteiger partial charge < -0.3 is 9.84 Å². The molecule has 2 amide bonds. The van der Waals surface area contributed by atoms with E-state index >= 15 is 0 Å². The molecule has 0 aromatic heterocycles. The SMILES string of the molecule is COc1cc([N+](=O)[O-])cc(/C=C2/C(=O)NN(c3ccc(C)c(C)c3)C2=O)c1[O-]. The number of nitrogens with one attached hydrogen (secondary N) is 1. The Labute approximate surface area is 160 Å². The van der Waals surface area contributed by atoms with Crippen molar-refractivity contribution in [1.29, 1.82) is 0 Å². The predicted molar refractivity (Wildman–Crippen MR) is 98.6 cm³/mol. The number of hydrogen-bond acceptors (Lipinski definition) is 6. The molecular formula is C19H16N3O6-. The lowest BCUT2D eigenvalue weighted by Gasteiger charge is -2.16. The monoisotopic (exact) mass is 382 g/mol. The molecule has 1 aliphatic heterocycles. The quantitative estimate of drug-likeness (QED) is 0.372. The maximum atomic E-state index is 12.7. The van der Waals surface area contributed by atoms with Gasteiger partial charge in [-0.2, -0.15) is 0 Å². The molecule has 144 valence electrons. The molecule has 1 fully saturated rings. The molecule has 2 aromatic carbocycles. The van der Waals surface area contributed by atoms with E-state index in [1.54, 1.807) is 12.1 Å². The lowest BCUT2D eigenvalue weighted by atomic mass is 10.1. The predicted octanol–water partition coefficient (Wildman–Crippen LogP) is 1.76. The van der Waals surface area contributed by atoms with E-state index in [1.807, 2.05) is 19.9 Å². The standard InChI is InChI=1S/C19H17N3O6/c1-10-4-5-13(6-11(10)2)21-19(25)15(18(24)20-21)8-12-7-14(22(26)27)9-16(28-3)17(12)23/h4-9,23H,1-3H3,(H,20,24)/p-1/b15-8-. The molecule has 0 saturated carbocycles. The summed E-state index contributed by atoms with van der Waals surface area (Å²) in [5.41, 5.74) is 3.97. The van der Waals surface area contributed by atoms with E-state index in [4.69, 9.17) is 4.74 Å². The lowest BCUT2D eigenvalue weighted by Crippen LogP contribution is -2.35. The summed E-state index contributed by atoms with van der Waals surface area (Å²) in [5.74, 6) is -2.30. The molecule has 1 heterocycles. The van der Waals surface area contributed by atoms with E-state index < -0.39 is 22.5 Å². The highest BCUT2D eigenvalue weighted by molar-refractivity contribution is 6.31. The number of rotatable bonds is 4. The summed E-state index contributed by atoms with van der Waals surface area (Å²) < 4.78 is 4.87. The molecule has 2 aromatic rings. The summed E-state index contributed by atoms with van der Waals surface area (Å²) in [6, 6.07) is 7.22. The molecule has 0 atom stereocenters. The van der Waals surface area contributed by atoms with E-state index in [9.17, 15) is 24.8 Å². The van der Waals surface area contributed by atoms with Crippen LogP contribution in [0.1, 0.15) is 16.7 Å². The molecule has 0 bridgehead atoms. The van der Waals surface area contributed by atoms with Crippen molar-refractivity contribution >= 4 is 29.3 Å². The lowest BCUT2D eigenvalue weighted by molar-refractivity contribution is -0.385. The average Bonchev–Trinajstić information content (AvgIpc) is 2.93. The van der Waals surface area contributed by atoms with Gasteiger partial charge in [-0.3, -0.25) is 25.1 Å². The molecular weight excluding hydrogens is 366 g/mol. The van der Waals surface area contributed by atoms with Crippen LogP contribution in [0.2, 0.25) is 0 Å². The second-order valence-corrected chi connectivity index (χ2v) is 6.23. The van der Waals surface area contributed by atoms with Crippen LogP contribution >= 0.6 is 0 Å². The van der Waals surface area contributed by atoms with Crippen molar-refractivity contribution in [1.82, 2.24) is 5.43 Å². The molecule has 1 saturated heterocycles. The van der Waals surface area contributed by atoms with Crippen molar-refractivity contribution in [3.05, 3.63) is 62.7 Å². The van der Waals surface area contributed by atoms with Crippen molar-refractivity contribution in [2.75, 3.05) is 12.1 Å². The Bertz CT molecular complexity index is 1040. The van der Waals surface area contributed by atoms with Crippen molar-refractivity contribution in [2.45, 2.75) is 13.8 Å². The van der Waals surface area contributed by atoms with E-state index in [-0.39, 0.29) is 22.6 Å². The van der Waals surface area contributed by atoms with Crippen LogP contribution in [-0.2, 0) is 9.59 Å². The number of hydrogen-bond donors (Lipinski definition) is 1. The van der Waals surface area contributed by atoms with Crippen molar-refractivity contribution < 1.29 is 24.4 Å². The number of methoxy groups -OCH3 is 1. The van der Waals surface area contributed by atoms with Crippen LogP contribution < -0.4 is 20.3 Å². The van der Waals surface area contributed by atoms with Crippen LogP contribution in [0.3, 0.4) is 0 Å². The van der Waals surface area contributed by atoms with Gasteiger partial charge in [0, 0.05) is 6.07 Å². The van der Waals surface area contributed by atoms with Gasteiger partial charge >= 0.3 is 0 Å². The second-order valence-electron chi connectivity index (χ2n) is 6.23. The third-order valence-corrected chi connectivity index (χ3v) is 4.44. The highest BCUT2D eigenvalue weighted by atomic mass is 16.6. The van der Waals surface area contributed by atoms with Crippen LogP contribution in [0.4, 0.5) is 11.4 Å². The fraction of sp³-hybridized carbons (Fsp3) is 0.158. The number of nitrogens with zero attached hydrogens (tertiary/aromatic N) is 2. The fourth-order valence-corrected chi connectivity index (χ4v) is 2.73. The summed E-state index contributed by atoms with van der Waals surface area (Å²) in [6.45, 7) is 3.79. The second kappa shape index (κ2) is 7.03. The first-order chi connectivity index (χ1) is 13.2. The third kappa shape index (κ3) is 3.25.